The van der Waals surface area contributed by atoms with Gasteiger partial charge in [0.05, 0.1) is 7.11 Å². The van der Waals surface area contributed by atoms with Crippen LogP contribution in [0.1, 0.15) is 22.8 Å². The van der Waals surface area contributed by atoms with Crippen molar-refractivity contribution in [2.24, 2.45) is 0 Å². The third kappa shape index (κ3) is 3.78. The fourth-order valence-electron chi connectivity index (χ4n) is 1.79. The van der Waals surface area contributed by atoms with Gasteiger partial charge in [-0.3, -0.25) is 4.79 Å². The lowest BCUT2D eigenvalue weighted by Gasteiger charge is -2.08. The molecule has 104 valence electrons. The Kier molecular flexibility index (Phi) is 5.10. The summed E-state index contributed by atoms with van der Waals surface area (Å²) in [5, 5.41) is 0.587. The molecule has 0 fully saturated rings. The van der Waals surface area contributed by atoms with Crippen LogP contribution in [0.3, 0.4) is 0 Å². The van der Waals surface area contributed by atoms with E-state index in [0.29, 0.717) is 10.6 Å². The van der Waals surface area contributed by atoms with E-state index in [0.717, 1.165) is 16.4 Å². The van der Waals surface area contributed by atoms with Gasteiger partial charge in [-0.05, 0) is 42.8 Å². The van der Waals surface area contributed by atoms with Gasteiger partial charge in [-0.2, -0.15) is 0 Å². The molecule has 0 saturated carbocycles. The number of hydrogen-bond donors (Lipinski definition) is 0. The van der Waals surface area contributed by atoms with Crippen molar-refractivity contribution in [2.45, 2.75) is 17.6 Å². The minimum Gasteiger partial charge on any atom is -0.497 e. The molecule has 20 heavy (non-hydrogen) atoms. The molecule has 0 aliphatic heterocycles. The normalized spacial score (nSPS) is 10.3. The van der Waals surface area contributed by atoms with E-state index in [1.165, 1.54) is 5.56 Å². The maximum Gasteiger partial charge on any atom is 0.160 e. The number of ketones is 1. The molecule has 2 aromatic rings. The summed E-state index contributed by atoms with van der Waals surface area (Å²) < 4.78 is 5.13. The Bertz CT molecular complexity index is 608. The molecule has 0 spiro atoms. The third-order valence-electron chi connectivity index (χ3n) is 2.87. The molecule has 0 N–H and O–H groups in total. The molecule has 0 radical (unpaired) electrons. The predicted octanol–water partition coefficient (Wildman–Crippen LogP) is 4.84. The number of hydrogen-bond acceptors (Lipinski definition) is 3. The van der Waals surface area contributed by atoms with Gasteiger partial charge in [0.25, 0.3) is 0 Å². The Morgan fingerprint density at radius 2 is 1.90 bits per heavy atom. The summed E-state index contributed by atoms with van der Waals surface area (Å²) >= 11 is 7.57. The van der Waals surface area contributed by atoms with Crippen LogP contribution in [0.15, 0.2) is 47.4 Å². The number of ether oxygens (including phenoxy) is 1. The summed E-state index contributed by atoms with van der Waals surface area (Å²) in [7, 11) is 1.65. The highest BCUT2D eigenvalue weighted by atomic mass is 35.5. The standard InChI is InChI=1S/C16H15ClO2S/c1-11(18)15-9-13(17)5-8-16(15)20-10-12-3-6-14(19-2)7-4-12/h3-9H,10H2,1-2H3. The van der Waals surface area contributed by atoms with Crippen molar-refractivity contribution in [3.63, 3.8) is 0 Å². The number of benzene rings is 2. The van der Waals surface area contributed by atoms with Gasteiger partial charge < -0.3 is 4.74 Å². The molecule has 0 aromatic heterocycles. The second kappa shape index (κ2) is 6.82. The Morgan fingerprint density at radius 3 is 2.50 bits per heavy atom. The van der Waals surface area contributed by atoms with E-state index in [4.69, 9.17) is 16.3 Å². The van der Waals surface area contributed by atoms with Crippen LogP contribution < -0.4 is 4.74 Å². The van der Waals surface area contributed by atoms with Gasteiger partial charge in [-0.1, -0.05) is 23.7 Å². The molecular formula is C16H15ClO2S. The second-order valence-corrected chi connectivity index (χ2v) is 5.79. The van der Waals surface area contributed by atoms with Crippen LogP contribution >= 0.6 is 23.4 Å². The number of carbonyl (C=O) groups excluding carboxylic acids is 1. The van der Waals surface area contributed by atoms with Gasteiger partial charge >= 0.3 is 0 Å². The van der Waals surface area contributed by atoms with Crippen molar-refractivity contribution in [3.8, 4) is 5.75 Å². The van der Waals surface area contributed by atoms with E-state index in [9.17, 15) is 4.79 Å². The summed E-state index contributed by atoms with van der Waals surface area (Å²) in [6, 6.07) is 13.3. The first kappa shape index (κ1) is 14.9. The maximum absolute atomic E-state index is 11.6. The van der Waals surface area contributed by atoms with Crippen molar-refractivity contribution in [3.05, 3.63) is 58.6 Å². The van der Waals surface area contributed by atoms with Crippen molar-refractivity contribution in [2.75, 3.05) is 7.11 Å². The molecular weight excluding hydrogens is 292 g/mol. The molecule has 0 unspecified atom stereocenters. The molecule has 0 bridgehead atoms. The zero-order valence-electron chi connectivity index (χ0n) is 11.4. The van der Waals surface area contributed by atoms with Gasteiger partial charge in [0.1, 0.15) is 5.75 Å². The lowest BCUT2D eigenvalue weighted by atomic mass is 10.1. The quantitative estimate of drug-likeness (QED) is 0.584. The van der Waals surface area contributed by atoms with Crippen LogP contribution in [0.5, 0.6) is 5.75 Å². The van der Waals surface area contributed by atoms with Crippen LogP contribution in [0.25, 0.3) is 0 Å². The van der Waals surface area contributed by atoms with Crippen LogP contribution in [-0.4, -0.2) is 12.9 Å². The molecule has 4 heteroatoms. The molecule has 0 aliphatic carbocycles. The number of carbonyl (C=O) groups is 1. The van der Waals surface area contributed by atoms with Crippen LogP contribution in [0.4, 0.5) is 0 Å². The van der Waals surface area contributed by atoms with Crippen molar-refractivity contribution in [1.82, 2.24) is 0 Å². The van der Waals surface area contributed by atoms with Gasteiger partial charge in [0.2, 0.25) is 0 Å². The SMILES string of the molecule is COc1ccc(CSc2ccc(Cl)cc2C(C)=O)cc1. The second-order valence-electron chi connectivity index (χ2n) is 4.33. The fourth-order valence-corrected chi connectivity index (χ4v) is 3.00. The van der Waals surface area contributed by atoms with Crippen molar-refractivity contribution in [1.29, 1.82) is 0 Å². The smallest absolute Gasteiger partial charge is 0.160 e. The Labute approximate surface area is 128 Å². The molecule has 0 amide bonds. The van der Waals surface area contributed by atoms with E-state index >= 15 is 0 Å². The van der Waals surface area contributed by atoms with E-state index < -0.39 is 0 Å². The van der Waals surface area contributed by atoms with E-state index in [2.05, 4.69) is 0 Å². The fraction of sp³-hybridized carbons (Fsp3) is 0.188. The van der Waals surface area contributed by atoms with Crippen molar-refractivity contribution < 1.29 is 9.53 Å². The molecule has 0 saturated heterocycles. The summed E-state index contributed by atoms with van der Waals surface area (Å²) in [4.78, 5) is 12.6. The minimum absolute atomic E-state index is 0.0322. The Balaban J connectivity index is 2.12. The van der Waals surface area contributed by atoms with Crippen molar-refractivity contribution >= 4 is 29.1 Å². The van der Waals surface area contributed by atoms with Gasteiger partial charge in [0, 0.05) is 21.2 Å². The topological polar surface area (TPSA) is 26.3 Å². The highest BCUT2D eigenvalue weighted by molar-refractivity contribution is 7.98. The number of thioether (sulfide) groups is 1. The number of methoxy groups -OCH3 is 1. The number of halogens is 1. The summed E-state index contributed by atoms with van der Waals surface area (Å²) in [5.41, 5.74) is 1.86. The lowest BCUT2D eigenvalue weighted by Crippen LogP contribution is -1.95. The van der Waals surface area contributed by atoms with Gasteiger partial charge in [-0.25, -0.2) is 0 Å². The largest absolute Gasteiger partial charge is 0.497 e. The Hall–Kier alpha value is -1.45. The molecule has 2 aromatic carbocycles. The van der Waals surface area contributed by atoms with Gasteiger partial charge in [-0.15, -0.1) is 11.8 Å². The zero-order chi connectivity index (χ0) is 14.5. The average Bonchev–Trinajstić information content (AvgIpc) is 2.46. The van der Waals surface area contributed by atoms with E-state index in [-0.39, 0.29) is 5.78 Å². The highest BCUT2D eigenvalue weighted by Gasteiger charge is 2.09. The van der Waals surface area contributed by atoms with E-state index in [1.54, 1.807) is 31.9 Å². The highest BCUT2D eigenvalue weighted by Crippen LogP contribution is 2.29. The van der Waals surface area contributed by atoms with Crippen LogP contribution in [0.2, 0.25) is 5.02 Å². The van der Waals surface area contributed by atoms with Crippen LogP contribution in [0, 0.1) is 0 Å². The molecule has 2 nitrogen and oxygen atoms in total. The molecule has 0 aliphatic rings. The molecule has 0 heterocycles. The van der Waals surface area contributed by atoms with Gasteiger partial charge in [0.15, 0.2) is 5.78 Å². The average molecular weight is 307 g/mol. The summed E-state index contributed by atoms with van der Waals surface area (Å²) in [6.45, 7) is 1.56. The first-order chi connectivity index (χ1) is 9.60. The predicted molar refractivity (Wildman–Crippen MR) is 84.0 cm³/mol. The lowest BCUT2D eigenvalue weighted by molar-refractivity contribution is 0.101. The zero-order valence-corrected chi connectivity index (χ0v) is 12.9. The monoisotopic (exact) mass is 306 g/mol. The first-order valence-corrected chi connectivity index (χ1v) is 7.52. The Morgan fingerprint density at radius 1 is 1.20 bits per heavy atom. The van der Waals surface area contributed by atoms with E-state index in [1.807, 2.05) is 36.4 Å². The summed E-state index contributed by atoms with van der Waals surface area (Å²) in [6.07, 6.45) is 0. The minimum atomic E-state index is 0.0322. The van der Waals surface area contributed by atoms with Crippen LogP contribution in [-0.2, 0) is 5.75 Å². The number of Topliss-reactive ketones (excluding diaryl/α,β-unsaturated/α-hetero) is 1. The molecule has 0 atom stereocenters. The summed E-state index contributed by atoms with van der Waals surface area (Å²) in [5.74, 6) is 1.67. The maximum atomic E-state index is 11.6. The third-order valence-corrected chi connectivity index (χ3v) is 4.25. The first-order valence-electron chi connectivity index (χ1n) is 6.16. The molecule has 2 rings (SSSR count). The number of rotatable bonds is 5.